The lowest BCUT2D eigenvalue weighted by molar-refractivity contribution is 0.0340. The van der Waals surface area contributed by atoms with Gasteiger partial charge in [-0.15, -0.1) is 0 Å². The Hall–Kier alpha value is -0.830. The molecule has 2 nitrogen and oxygen atoms in total. The van der Waals surface area contributed by atoms with E-state index in [4.69, 9.17) is 4.84 Å². The van der Waals surface area contributed by atoms with Gasteiger partial charge in [-0.2, -0.15) is 0 Å². The van der Waals surface area contributed by atoms with Gasteiger partial charge in [-0.1, -0.05) is 39.6 Å². The van der Waals surface area contributed by atoms with Gasteiger partial charge >= 0.3 is 0 Å². The molecule has 1 fully saturated rings. The van der Waals surface area contributed by atoms with Crippen LogP contribution < -0.4 is 0 Å². The molecule has 0 aromatic heterocycles. The molecule has 16 heavy (non-hydrogen) atoms. The number of hydrogen-bond acceptors (Lipinski definition) is 2. The van der Waals surface area contributed by atoms with Gasteiger partial charge in [0.2, 0.25) is 0 Å². The van der Waals surface area contributed by atoms with Gasteiger partial charge in [0.25, 0.3) is 0 Å². The molecule has 0 amide bonds. The molecule has 3 heteroatoms. The summed E-state index contributed by atoms with van der Waals surface area (Å²) in [6.07, 6.45) is 8.30. The smallest absolute Gasteiger partial charge is 0.127 e. The molecule has 1 aromatic carbocycles. The highest BCUT2D eigenvalue weighted by molar-refractivity contribution is 9.10. The summed E-state index contributed by atoms with van der Waals surface area (Å²) in [6, 6.07) is 8.03. The first-order valence-corrected chi connectivity index (χ1v) is 6.58. The fraction of sp³-hybridized carbons (Fsp3) is 0.462. The molecule has 0 bridgehead atoms. The van der Waals surface area contributed by atoms with E-state index in [0.717, 1.165) is 22.9 Å². The maximum Gasteiger partial charge on any atom is 0.127 e. The number of hydrogen-bond donors (Lipinski definition) is 0. The highest BCUT2D eigenvalue weighted by Gasteiger charge is 2.13. The molecule has 1 aromatic rings. The molecule has 0 saturated heterocycles. The van der Waals surface area contributed by atoms with E-state index >= 15 is 0 Å². The van der Waals surface area contributed by atoms with Crippen molar-refractivity contribution in [1.82, 2.24) is 0 Å². The Bertz CT molecular complexity index is 359. The Balaban J connectivity index is 1.84. The van der Waals surface area contributed by atoms with Gasteiger partial charge in [-0.25, -0.2) is 0 Å². The highest BCUT2D eigenvalue weighted by Crippen LogP contribution is 2.20. The maximum absolute atomic E-state index is 5.48. The minimum Gasteiger partial charge on any atom is -0.393 e. The second-order valence-electron chi connectivity index (χ2n) is 4.15. The number of rotatable bonds is 3. The lowest BCUT2D eigenvalue weighted by atomic mass is 9.98. The molecule has 0 radical (unpaired) electrons. The van der Waals surface area contributed by atoms with Crippen LogP contribution in [0.1, 0.15) is 37.7 Å². The Labute approximate surface area is 105 Å². The number of oxime groups is 1. The standard InChI is InChI=1S/C13H16BrNO/c14-12-6-4-5-11(9-12)10-15-16-13-7-2-1-3-8-13/h4-6,9-10,13H,1-3,7-8H2. The molecular formula is C13H16BrNO. The molecule has 1 aliphatic carbocycles. The summed E-state index contributed by atoms with van der Waals surface area (Å²) in [5.41, 5.74) is 1.06. The molecule has 0 aliphatic heterocycles. The van der Waals surface area contributed by atoms with Gasteiger partial charge in [-0.3, -0.25) is 0 Å². The second-order valence-corrected chi connectivity index (χ2v) is 5.07. The van der Waals surface area contributed by atoms with Crippen molar-refractivity contribution in [1.29, 1.82) is 0 Å². The largest absolute Gasteiger partial charge is 0.393 e. The van der Waals surface area contributed by atoms with Crippen LogP contribution in [0.4, 0.5) is 0 Å². The molecule has 1 aliphatic rings. The van der Waals surface area contributed by atoms with Gasteiger partial charge in [-0.05, 0) is 43.4 Å². The van der Waals surface area contributed by atoms with E-state index in [0.29, 0.717) is 6.10 Å². The predicted octanol–water partition coefficient (Wildman–Crippen LogP) is 4.13. The summed E-state index contributed by atoms with van der Waals surface area (Å²) in [6.45, 7) is 0. The van der Waals surface area contributed by atoms with Crippen LogP contribution in [0.2, 0.25) is 0 Å². The number of halogens is 1. The van der Waals surface area contributed by atoms with Crippen molar-refractivity contribution in [3.05, 3.63) is 34.3 Å². The summed E-state index contributed by atoms with van der Waals surface area (Å²) in [7, 11) is 0. The van der Waals surface area contributed by atoms with Gasteiger partial charge in [0, 0.05) is 4.47 Å². The van der Waals surface area contributed by atoms with Crippen LogP contribution in [-0.4, -0.2) is 12.3 Å². The van der Waals surface area contributed by atoms with Gasteiger partial charge < -0.3 is 4.84 Å². The minimum atomic E-state index is 0.331. The Morgan fingerprint density at radius 2 is 2.06 bits per heavy atom. The first-order valence-electron chi connectivity index (χ1n) is 5.79. The normalized spacial score (nSPS) is 17.8. The molecule has 0 N–H and O–H groups in total. The van der Waals surface area contributed by atoms with Crippen LogP contribution >= 0.6 is 15.9 Å². The Morgan fingerprint density at radius 3 is 2.81 bits per heavy atom. The fourth-order valence-corrected chi connectivity index (χ4v) is 2.35. The molecule has 0 atom stereocenters. The lowest BCUT2D eigenvalue weighted by Gasteiger charge is -2.18. The van der Waals surface area contributed by atoms with E-state index in [-0.39, 0.29) is 0 Å². The van der Waals surface area contributed by atoms with E-state index < -0.39 is 0 Å². The van der Waals surface area contributed by atoms with Crippen molar-refractivity contribution in [2.24, 2.45) is 5.16 Å². The Morgan fingerprint density at radius 1 is 1.25 bits per heavy atom. The second kappa shape index (κ2) is 6.04. The average Bonchev–Trinajstić information content (AvgIpc) is 2.30. The van der Waals surface area contributed by atoms with E-state index in [2.05, 4.69) is 21.1 Å². The van der Waals surface area contributed by atoms with Crippen molar-refractivity contribution in [2.75, 3.05) is 0 Å². The highest BCUT2D eigenvalue weighted by atomic mass is 79.9. The third-order valence-electron chi connectivity index (χ3n) is 2.81. The van der Waals surface area contributed by atoms with Gasteiger partial charge in [0.05, 0.1) is 6.21 Å². The van der Waals surface area contributed by atoms with Gasteiger partial charge in [0.15, 0.2) is 0 Å². The van der Waals surface area contributed by atoms with E-state index in [1.165, 1.54) is 19.3 Å². The molecule has 0 heterocycles. The monoisotopic (exact) mass is 281 g/mol. The van der Waals surface area contributed by atoms with E-state index in [9.17, 15) is 0 Å². The summed E-state index contributed by atoms with van der Waals surface area (Å²) in [5, 5.41) is 4.06. The van der Waals surface area contributed by atoms with Crippen molar-refractivity contribution >= 4 is 22.1 Å². The molecule has 0 spiro atoms. The van der Waals surface area contributed by atoms with E-state index in [1.54, 1.807) is 6.21 Å². The van der Waals surface area contributed by atoms with E-state index in [1.807, 2.05) is 24.3 Å². The summed E-state index contributed by atoms with van der Waals surface area (Å²) >= 11 is 3.43. The van der Waals surface area contributed by atoms with Gasteiger partial charge in [0.1, 0.15) is 6.10 Å². The third kappa shape index (κ3) is 3.63. The lowest BCUT2D eigenvalue weighted by Crippen LogP contribution is -2.13. The maximum atomic E-state index is 5.48. The summed E-state index contributed by atoms with van der Waals surface area (Å²) < 4.78 is 1.06. The Kier molecular flexibility index (Phi) is 4.40. The van der Waals surface area contributed by atoms with Crippen molar-refractivity contribution in [3.8, 4) is 0 Å². The molecule has 86 valence electrons. The van der Waals surface area contributed by atoms with Crippen LogP contribution in [0.5, 0.6) is 0 Å². The van der Waals surface area contributed by atoms with Crippen LogP contribution in [0, 0.1) is 0 Å². The number of benzene rings is 1. The SMILES string of the molecule is Brc1cccc(C=NOC2CCCCC2)c1. The zero-order valence-corrected chi connectivity index (χ0v) is 10.8. The zero-order valence-electron chi connectivity index (χ0n) is 9.23. The van der Waals surface area contributed by atoms with Crippen LogP contribution in [0.3, 0.4) is 0 Å². The predicted molar refractivity (Wildman–Crippen MR) is 69.7 cm³/mol. The molecular weight excluding hydrogens is 266 g/mol. The third-order valence-corrected chi connectivity index (χ3v) is 3.31. The summed E-state index contributed by atoms with van der Waals surface area (Å²) in [4.78, 5) is 5.48. The van der Waals surface area contributed by atoms with Crippen LogP contribution in [0.15, 0.2) is 33.9 Å². The molecule has 1 saturated carbocycles. The first kappa shape index (κ1) is 11.6. The molecule has 0 unspecified atom stereocenters. The molecule has 2 rings (SSSR count). The van der Waals surface area contributed by atoms with Crippen LogP contribution in [0.25, 0.3) is 0 Å². The minimum absolute atomic E-state index is 0.331. The van der Waals surface area contributed by atoms with Crippen molar-refractivity contribution < 1.29 is 4.84 Å². The quantitative estimate of drug-likeness (QED) is 0.603. The zero-order chi connectivity index (χ0) is 11.2. The average molecular weight is 282 g/mol. The van der Waals surface area contributed by atoms with Crippen LogP contribution in [-0.2, 0) is 4.84 Å². The first-order chi connectivity index (χ1) is 7.84. The van der Waals surface area contributed by atoms with Crippen molar-refractivity contribution in [2.45, 2.75) is 38.2 Å². The summed E-state index contributed by atoms with van der Waals surface area (Å²) in [5.74, 6) is 0. The van der Waals surface area contributed by atoms with Crippen molar-refractivity contribution in [3.63, 3.8) is 0 Å². The fourth-order valence-electron chi connectivity index (χ4n) is 1.93. The topological polar surface area (TPSA) is 21.6 Å². The number of nitrogens with zero attached hydrogens (tertiary/aromatic N) is 1.